The lowest BCUT2D eigenvalue weighted by Gasteiger charge is -2.46. The number of piperidine rings is 1. The van der Waals surface area contributed by atoms with Gasteiger partial charge in [0.25, 0.3) is 0 Å². The lowest BCUT2D eigenvalue weighted by molar-refractivity contribution is 0.145. The summed E-state index contributed by atoms with van der Waals surface area (Å²) >= 11 is 6.07. The van der Waals surface area contributed by atoms with Gasteiger partial charge in [-0.2, -0.15) is 0 Å². The fraction of sp³-hybridized carbons (Fsp3) is 0.625. The van der Waals surface area contributed by atoms with Crippen molar-refractivity contribution in [2.45, 2.75) is 64.2 Å². The third-order valence-electron chi connectivity index (χ3n) is 3.82. The van der Waals surface area contributed by atoms with E-state index in [4.69, 9.17) is 11.6 Å². The summed E-state index contributed by atoms with van der Waals surface area (Å²) < 4.78 is 13.8. The Hall–Kier alpha value is -0.640. The van der Waals surface area contributed by atoms with Gasteiger partial charge < -0.3 is 10.6 Å². The smallest absolute Gasteiger partial charge is 0.129 e. The number of hydrogen-bond donors (Lipinski definition) is 2. The summed E-state index contributed by atoms with van der Waals surface area (Å²) in [6.45, 7) is 9.30. The highest BCUT2D eigenvalue weighted by Crippen LogP contribution is 2.29. The Morgan fingerprint density at radius 1 is 1.25 bits per heavy atom. The molecule has 1 saturated heterocycles. The van der Waals surface area contributed by atoms with Gasteiger partial charge in [-0.15, -0.1) is 0 Å². The second-order valence-electron chi connectivity index (χ2n) is 7.08. The molecule has 2 nitrogen and oxygen atoms in total. The molecule has 0 saturated carbocycles. The molecule has 112 valence electrons. The summed E-state index contributed by atoms with van der Waals surface area (Å²) in [5.74, 6) is -0.238. The lowest BCUT2D eigenvalue weighted by Crippen LogP contribution is -2.61. The number of nitrogens with one attached hydrogen (secondary N) is 2. The normalized spacial score (nSPS) is 21.9. The van der Waals surface area contributed by atoms with Crippen LogP contribution in [0.2, 0.25) is 5.02 Å². The third-order valence-corrected chi connectivity index (χ3v) is 4.17. The molecular weight excluding hydrogens is 275 g/mol. The maximum atomic E-state index is 13.8. The van der Waals surface area contributed by atoms with E-state index in [9.17, 15) is 4.39 Å². The minimum Gasteiger partial charge on any atom is -0.310 e. The highest BCUT2D eigenvalue weighted by atomic mass is 35.5. The molecule has 0 spiro atoms. The molecule has 1 aliphatic rings. The van der Waals surface area contributed by atoms with Crippen molar-refractivity contribution in [3.63, 3.8) is 0 Å². The lowest BCUT2D eigenvalue weighted by atomic mass is 9.79. The zero-order valence-corrected chi connectivity index (χ0v) is 13.4. The number of rotatable bonds is 3. The Kier molecular flexibility index (Phi) is 4.43. The Morgan fingerprint density at radius 3 is 2.40 bits per heavy atom. The monoisotopic (exact) mass is 298 g/mol. The second kappa shape index (κ2) is 5.63. The summed E-state index contributed by atoms with van der Waals surface area (Å²) in [5, 5.41) is 7.60. The maximum absolute atomic E-state index is 13.8. The molecular formula is C16H24ClFN2. The molecule has 1 aromatic carbocycles. The summed E-state index contributed by atoms with van der Waals surface area (Å²) in [6.07, 6.45) is 2.03. The SMILES string of the molecule is CC1(C)CC(NCc2c(F)cccc2Cl)CC(C)(C)N1. The van der Waals surface area contributed by atoms with Gasteiger partial charge in [-0.05, 0) is 52.7 Å². The van der Waals surface area contributed by atoms with Crippen LogP contribution >= 0.6 is 11.6 Å². The van der Waals surface area contributed by atoms with Crippen molar-refractivity contribution < 1.29 is 4.39 Å². The standard InChI is InChI=1S/C16H24ClFN2/c1-15(2)8-11(9-16(3,4)20-15)19-10-12-13(17)6-5-7-14(12)18/h5-7,11,19-20H,8-10H2,1-4H3. The van der Waals surface area contributed by atoms with Gasteiger partial charge in [-0.1, -0.05) is 17.7 Å². The molecule has 20 heavy (non-hydrogen) atoms. The van der Waals surface area contributed by atoms with Crippen molar-refractivity contribution in [1.82, 2.24) is 10.6 Å². The molecule has 1 fully saturated rings. The van der Waals surface area contributed by atoms with E-state index in [1.165, 1.54) is 6.07 Å². The molecule has 4 heteroatoms. The molecule has 0 bridgehead atoms. The Bertz CT molecular complexity index is 449. The first-order chi connectivity index (χ1) is 9.19. The van der Waals surface area contributed by atoms with Crippen LogP contribution in [0.4, 0.5) is 4.39 Å². The zero-order chi connectivity index (χ0) is 15.0. The first-order valence-electron chi connectivity index (χ1n) is 7.14. The minimum atomic E-state index is -0.238. The van der Waals surface area contributed by atoms with Crippen molar-refractivity contribution in [3.05, 3.63) is 34.6 Å². The van der Waals surface area contributed by atoms with E-state index >= 15 is 0 Å². The molecule has 1 heterocycles. The van der Waals surface area contributed by atoms with E-state index in [0.29, 0.717) is 23.2 Å². The van der Waals surface area contributed by atoms with Crippen LogP contribution in [0.25, 0.3) is 0 Å². The van der Waals surface area contributed by atoms with Crippen molar-refractivity contribution in [1.29, 1.82) is 0 Å². The molecule has 0 amide bonds. The Morgan fingerprint density at radius 2 is 1.85 bits per heavy atom. The van der Waals surface area contributed by atoms with Gasteiger partial charge in [0.15, 0.2) is 0 Å². The first-order valence-corrected chi connectivity index (χ1v) is 7.52. The van der Waals surface area contributed by atoms with Crippen LogP contribution < -0.4 is 10.6 Å². The molecule has 2 rings (SSSR count). The second-order valence-corrected chi connectivity index (χ2v) is 7.49. The van der Waals surface area contributed by atoms with Crippen molar-refractivity contribution in [3.8, 4) is 0 Å². The summed E-state index contributed by atoms with van der Waals surface area (Å²) in [6, 6.07) is 5.19. The predicted octanol–water partition coefficient (Wildman–Crippen LogP) is 3.88. The average molecular weight is 299 g/mol. The van der Waals surface area contributed by atoms with Crippen LogP contribution in [-0.2, 0) is 6.54 Å². The van der Waals surface area contributed by atoms with Crippen LogP contribution in [0.5, 0.6) is 0 Å². The summed E-state index contributed by atoms with van der Waals surface area (Å²) in [4.78, 5) is 0. The number of halogens is 2. The van der Waals surface area contributed by atoms with Gasteiger partial charge in [0.2, 0.25) is 0 Å². The van der Waals surface area contributed by atoms with Gasteiger partial charge in [-0.3, -0.25) is 0 Å². The zero-order valence-electron chi connectivity index (χ0n) is 12.7. The topological polar surface area (TPSA) is 24.1 Å². The van der Waals surface area contributed by atoms with Crippen LogP contribution in [-0.4, -0.2) is 17.1 Å². The van der Waals surface area contributed by atoms with E-state index in [0.717, 1.165) is 12.8 Å². The fourth-order valence-electron chi connectivity index (χ4n) is 3.41. The Balaban J connectivity index is 2.04. The van der Waals surface area contributed by atoms with Crippen LogP contribution in [0.3, 0.4) is 0 Å². The summed E-state index contributed by atoms with van der Waals surface area (Å²) in [7, 11) is 0. The molecule has 1 aromatic rings. The number of benzene rings is 1. The van der Waals surface area contributed by atoms with Crippen molar-refractivity contribution in [2.24, 2.45) is 0 Å². The summed E-state index contributed by atoms with van der Waals surface area (Å²) in [5.41, 5.74) is 0.722. The highest BCUT2D eigenvalue weighted by molar-refractivity contribution is 6.31. The van der Waals surface area contributed by atoms with E-state index in [1.54, 1.807) is 12.1 Å². The largest absolute Gasteiger partial charge is 0.310 e. The maximum Gasteiger partial charge on any atom is 0.129 e. The third kappa shape index (κ3) is 3.94. The van der Waals surface area contributed by atoms with E-state index in [1.807, 2.05) is 0 Å². The van der Waals surface area contributed by atoms with E-state index < -0.39 is 0 Å². The van der Waals surface area contributed by atoms with Gasteiger partial charge in [0.05, 0.1) is 0 Å². The van der Waals surface area contributed by atoms with Crippen molar-refractivity contribution >= 4 is 11.6 Å². The molecule has 0 radical (unpaired) electrons. The fourth-order valence-corrected chi connectivity index (χ4v) is 3.64. The molecule has 0 aromatic heterocycles. The molecule has 2 N–H and O–H groups in total. The predicted molar refractivity (Wildman–Crippen MR) is 82.6 cm³/mol. The van der Waals surface area contributed by atoms with Crippen LogP contribution in [0.15, 0.2) is 18.2 Å². The average Bonchev–Trinajstić information content (AvgIpc) is 2.23. The highest BCUT2D eigenvalue weighted by Gasteiger charge is 2.37. The van der Waals surface area contributed by atoms with Gasteiger partial charge in [-0.25, -0.2) is 4.39 Å². The number of hydrogen-bond acceptors (Lipinski definition) is 2. The van der Waals surface area contributed by atoms with Crippen LogP contribution in [0, 0.1) is 5.82 Å². The molecule has 0 aliphatic carbocycles. The van der Waals surface area contributed by atoms with E-state index in [-0.39, 0.29) is 16.9 Å². The van der Waals surface area contributed by atoms with E-state index in [2.05, 4.69) is 38.3 Å². The Labute approximate surface area is 126 Å². The first kappa shape index (κ1) is 15.7. The van der Waals surface area contributed by atoms with Crippen LogP contribution in [0.1, 0.15) is 46.1 Å². The van der Waals surface area contributed by atoms with Gasteiger partial charge >= 0.3 is 0 Å². The molecule has 0 unspecified atom stereocenters. The molecule has 1 aliphatic heterocycles. The van der Waals surface area contributed by atoms with Gasteiger partial charge in [0.1, 0.15) is 5.82 Å². The minimum absolute atomic E-state index is 0.0818. The quantitative estimate of drug-likeness (QED) is 0.885. The van der Waals surface area contributed by atoms with Gasteiger partial charge in [0, 0.05) is 34.3 Å². The van der Waals surface area contributed by atoms with Crippen molar-refractivity contribution in [2.75, 3.05) is 0 Å². The molecule has 0 atom stereocenters.